The van der Waals surface area contributed by atoms with Gasteiger partial charge < -0.3 is 13.3 Å². The maximum atomic E-state index is 11.9. The van der Waals surface area contributed by atoms with Crippen molar-refractivity contribution in [1.29, 1.82) is 0 Å². The van der Waals surface area contributed by atoms with Crippen LogP contribution in [0, 0.1) is 0 Å². The quantitative estimate of drug-likeness (QED) is 0.376. The minimum Gasteiger partial charge on any atom is -0.377 e. The molecule has 0 aliphatic carbocycles. The molecule has 19 heavy (non-hydrogen) atoms. The Morgan fingerprint density at radius 3 is 2.05 bits per heavy atom. The van der Waals surface area contributed by atoms with Gasteiger partial charge in [0.05, 0.1) is 0 Å². The Bertz CT molecular complexity index is 202. The second-order valence-electron chi connectivity index (χ2n) is 4.64. The van der Waals surface area contributed by atoms with Gasteiger partial charge in [0.2, 0.25) is 6.43 Å². The van der Waals surface area contributed by atoms with Crippen LogP contribution in [0.4, 0.5) is 8.78 Å². The topological polar surface area (TPSA) is 27.7 Å². The molecule has 0 atom stereocenters. The molecule has 0 N–H and O–H groups in total. The number of hydrogen-bond acceptors (Lipinski definition) is 3. The van der Waals surface area contributed by atoms with Crippen molar-refractivity contribution in [3.63, 3.8) is 0 Å². The van der Waals surface area contributed by atoms with Gasteiger partial charge in [-0.2, -0.15) is 0 Å². The lowest BCUT2D eigenvalue weighted by Gasteiger charge is -2.25. The van der Waals surface area contributed by atoms with Crippen LogP contribution >= 0.6 is 0 Å². The molecule has 0 saturated carbocycles. The van der Waals surface area contributed by atoms with E-state index in [1.807, 2.05) is 0 Å². The molecule has 0 aromatic rings. The van der Waals surface area contributed by atoms with E-state index >= 15 is 0 Å². The lowest BCUT2D eigenvalue weighted by atomic mass is 10.1. The van der Waals surface area contributed by atoms with Crippen LogP contribution in [0.1, 0.15) is 51.9 Å². The van der Waals surface area contributed by atoms with Gasteiger partial charge in [-0.05, 0) is 12.8 Å². The first kappa shape index (κ1) is 19.0. The SMILES string of the molecule is CCC[Si](OC)(OC)OCCCCCCCC(F)F. The zero-order chi connectivity index (χ0) is 14.6. The summed E-state index contributed by atoms with van der Waals surface area (Å²) < 4.78 is 40.4. The lowest BCUT2D eigenvalue weighted by Crippen LogP contribution is -2.43. The van der Waals surface area contributed by atoms with Crippen LogP contribution in [0.15, 0.2) is 0 Å². The van der Waals surface area contributed by atoms with Gasteiger partial charge in [0, 0.05) is 33.3 Å². The van der Waals surface area contributed by atoms with E-state index in [0.29, 0.717) is 13.0 Å². The van der Waals surface area contributed by atoms with E-state index in [-0.39, 0.29) is 6.42 Å². The summed E-state index contributed by atoms with van der Waals surface area (Å²) in [6.45, 7) is 2.70. The minimum atomic E-state index is -2.43. The zero-order valence-corrected chi connectivity index (χ0v) is 13.4. The van der Waals surface area contributed by atoms with Crippen molar-refractivity contribution in [2.45, 2.75) is 64.3 Å². The molecule has 0 bridgehead atoms. The first-order valence-corrected chi connectivity index (χ1v) is 9.05. The third-order valence-electron chi connectivity index (χ3n) is 3.07. The molecule has 0 saturated heterocycles. The monoisotopic (exact) mass is 298 g/mol. The van der Waals surface area contributed by atoms with E-state index in [1.54, 1.807) is 14.2 Å². The number of hydrogen-bond donors (Lipinski definition) is 0. The van der Waals surface area contributed by atoms with E-state index in [1.165, 1.54) is 0 Å². The van der Waals surface area contributed by atoms with Crippen molar-refractivity contribution in [2.75, 3.05) is 20.8 Å². The maximum absolute atomic E-state index is 11.9. The number of halogens is 2. The van der Waals surface area contributed by atoms with E-state index in [9.17, 15) is 8.78 Å². The Labute approximate surface area is 117 Å². The van der Waals surface area contributed by atoms with E-state index in [4.69, 9.17) is 13.3 Å². The molecular formula is C13H28F2O3Si. The van der Waals surface area contributed by atoms with Crippen molar-refractivity contribution >= 4 is 8.80 Å². The van der Waals surface area contributed by atoms with Crippen LogP contribution in [0.25, 0.3) is 0 Å². The Hall–Kier alpha value is -0.0431. The van der Waals surface area contributed by atoms with Crippen molar-refractivity contribution in [2.24, 2.45) is 0 Å². The molecule has 0 rings (SSSR count). The van der Waals surface area contributed by atoms with Crippen LogP contribution in [-0.2, 0) is 13.3 Å². The molecule has 0 unspecified atom stereocenters. The average Bonchev–Trinajstić information content (AvgIpc) is 2.40. The van der Waals surface area contributed by atoms with Gasteiger partial charge in [-0.3, -0.25) is 0 Å². The number of rotatable bonds is 13. The summed E-state index contributed by atoms with van der Waals surface area (Å²) in [5.41, 5.74) is 0. The van der Waals surface area contributed by atoms with Gasteiger partial charge in [-0.15, -0.1) is 0 Å². The fraction of sp³-hybridized carbons (Fsp3) is 1.00. The molecule has 0 aliphatic rings. The predicted octanol–water partition coefficient (Wildman–Crippen LogP) is 4.25. The highest BCUT2D eigenvalue weighted by Crippen LogP contribution is 2.17. The minimum absolute atomic E-state index is 0.0242. The standard InChI is InChI=1S/C13H28F2O3Si/c1-4-12-19(16-2,17-3)18-11-9-7-5-6-8-10-13(14)15/h13H,4-12H2,1-3H3. The summed E-state index contributed by atoms with van der Waals surface area (Å²) in [4.78, 5) is 0. The summed E-state index contributed by atoms with van der Waals surface area (Å²) >= 11 is 0. The molecule has 0 heterocycles. The highest BCUT2D eigenvalue weighted by Gasteiger charge is 2.37. The highest BCUT2D eigenvalue weighted by molar-refractivity contribution is 6.60. The Balaban J connectivity index is 3.55. The molecule has 0 aromatic heterocycles. The molecule has 0 spiro atoms. The van der Waals surface area contributed by atoms with Crippen molar-refractivity contribution < 1.29 is 22.1 Å². The first-order chi connectivity index (χ1) is 9.10. The molecular weight excluding hydrogens is 270 g/mol. The zero-order valence-electron chi connectivity index (χ0n) is 12.4. The Morgan fingerprint density at radius 1 is 0.947 bits per heavy atom. The second kappa shape index (κ2) is 11.8. The van der Waals surface area contributed by atoms with Crippen molar-refractivity contribution in [3.8, 4) is 0 Å². The molecule has 0 aromatic carbocycles. The van der Waals surface area contributed by atoms with Gasteiger partial charge in [0.25, 0.3) is 0 Å². The molecule has 3 nitrogen and oxygen atoms in total. The van der Waals surface area contributed by atoms with Crippen LogP contribution in [-0.4, -0.2) is 36.1 Å². The van der Waals surface area contributed by atoms with Crippen molar-refractivity contribution in [3.05, 3.63) is 0 Å². The van der Waals surface area contributed by atoms with Gasteiger partial charge in [-0.25, -0.2) is 8.78 Å². The molecule has 0 amide bonds. The van der Waals surface area contributed by atoms with Gasteiger partial charge in [0.1, 0.15) is 0 Å². The molecule has 0 radical (unpaired) electrons. The third-order valence-corrected chi connectivity index (χ3v) is 6.07. The summed E-state index contributed by atoms with van der Waals surface area (Å²) in [6.07, 6.45) is 3.25. The maximum Gasteiger partial charge on any atom is 0.500 e. The number of unbranched alkanes of at least 4 members (excludes halogenated alkanes) is 4. The molecule has 116 valence electrons. The van der Waals surface area contributed by atoms with E-state index in [0.717, 1.165) is 38.1 Å². The number of alkyl halides is 2. The summed E-state index contributed by atoms with van der Waals surface area (Å²) in [7, 11) is 0.836. The predicted molar refractivity (Wildman–Crippen MR) is 74.5 cm³/mol. The Morgan fingerprint density at radius 2 is 1.53 bits per heavy atom. The largest absolute Gasteiger partial charge is 0.500 e. The highest BCUT2D eigenvalue weighted by atomic mass is 28.4. The summed E-state index contributed by atoms with van der Waals surface area (Å²) in [6, 6.07) is 0.828. The fourth-order valence-corrected chi connectivity index (χ4v) is 3.97. The summed E-state index contributed by atoms with van der Waals surface area (Å²) in [5.74, 6) is 0. The molecule has 6 heteroatoms. The van der Waals surface area contributed by atoms with E-state index in [2.05, 4.69) is 6.92 Å². The van der Waals surface area contributed by atoms with Crippen LogP contribution in [0.2, 0.25) is 6.04 Å². The normalized spacial score (nSPS) is 12.3. The average molecular weight is 298 g/mol. The van der Waals surface area contributed by atoms with Gasteiger partial charge in [-0.1, -0.05) is 32.6 Å². The van der Waals surface area contributed by atoms with Crippen LogP contribution < -0.4 is 0 Å². The van der Waals surface area contributed by atoms with Gasteiger partial charge in [0.15, 0.2) is 0 Å². The fourth-order valence-electron chi connectivity index (χ4n) is 1.94. The second-order valence-corrected chi connectivity index (χ2v) is 7.61. The Kier molecular flexibility index (Phi) is 11.7. The lowest BCUT2D eigenvalue weighted by molar-refractivity contribution is 0.0959. The van der Waals surface area contributed by atoms with Gasteiger partial charge >= 0.3 is 8.80 Å². The van der Waals surface area contributed by atoms with E-state index < -0.39 is 15.2 Å². The van der Waals surface area contributed by atoms with Crippen molar-refractivity contribution in [1.82, 2.24) is 0 Å². The van der Waals surface area contributed by atoms with Crippen LogP contribution in [0.3, 0.4) is 0 Å². The smallest absolute Gasteiger partial charge is 0.377 e. The third kappa shape index (κ3) is 9.48. The summed E-state index contributed by atoms with van der Waals surface area (Å²) in [5, 5.41) is 0. The first-order valence-electron chi connectivity index (χ1n) is 7.12. The molecule has 0 fully saturated rings. The molecule has 0 aliphatic heterocycles. The van der Waals surface area contributed by atoms with Crippen LogP contribution in [0.5, 0.6) is 0 Å².